The maximum absolute atomic E-state index is 11.1. The van der Waals surface area contributed by atoms with Gasteiger partial charge in [-0.15, -0.1) is 5.10 Å². The summed E-state index contributed by atoms with van der Waals surface area (Å²) in [5, 5.41) is 8.06. The van der Waals surface area contributed by atoms with Crippen LogP contribution in [0.25, 0.3) is 0 Å². The van der Waals surface area contributed by atoms with Crippen LogP contribution in [0.4, 0.5) is 0 Å². The van der Waals surface area contributed by atoms with Crippen LogP contribution in [0.2, 0.25) is 0 Å². The zero-order valence-corrected chi connectivity index (χ0v) is 13.1. The van der Waals surface area contributed by atoms with Gasteiger partial charge in [0.1, 0.15) is 11.9 Å². The van der Waals surface area contributed by atoms with Gasteiger partial charge in [-0.2, -0.15) is 0 Å². The van der Waals surface area contributed by atoms with E-state index < -0.39 is 0 Å². The van der Waals surface area contributed by atoms with Crippen molar-refractivity contribution in [2.75, 3.05) is 13.2 Å². The standard InChI is InChI=1S/C17H21N3O3/c21-13-15-17(16-9-6-12-23-16)20(19-18-15)10-4-5-11-22-14-7-2-1-3-8-14/h1-3,7-8,13,16H,4-6,9-12H2. The van der Waals surface area contributed by atoms with Crippen molar-refractivity contribution in [2.45, 2.75) is 38.3 Å². The van der Waals surface area contributed by atoms with Crippen molar-refractivity contribution in [1.29, 1.82) is 0 Å². The summed E-state index contributed by atoms with van der Waals surface area (Å²) in [6.45, 7) is 2.11. The number of ether oxygens (including phenoxy) is 2. The summed E-state index contributed by atoms with van der Waals surface area (Å²) in [5.74, 6) is 0.886. The lowest BCUT2D eigenvalue weighted by Crippen LogP contribution is -2.11. The Morgan fingerprint density at radius 3 is 2.91 bits per heavy atom. The van der Waals surface area contributed by atoms with E-state index in [-0.39, 0.29) is 6.10 Å². The molecule has 1 aliphatic heterocycles. The van der Waals surface area contributed by atoms with E-state index in [2.05, 4.69) is 10.3 Å². The van der Waals surface area contributed by atoms with E-state index in [1.54, 1.807) is 0 Å². The van der Waals surface area contributed by atoms with E-state index in [4.69, 9.17) is 9.47 Å². The fraction of sp³-hybridized carbons (Fsp3) is 0.471. The van der Waals surface area contributed by atoms with Crippen molar-refractivity contribution in [1.82, 2.24) is 15.0 Å². The molecule has 6 nitrogen and oxygen atoms in total. The number of benzene rings is 1. The van der Waals surface area contributed by atoms with Crippen molar-refractivity contribution in [2.24, 2.45) is 0 Å². The molecule has 0 amide bonds. The summed E-state index contributed by atoms with van der Waals surface area (Å²) < 4.78 is 13.2. The Morgan fingerprint density at radius 2 is 2.17 bits per heavy atom. The van der Waals surface area contributed by atoms with E-state index in [1.165, 1.54) is 0 Å². The highest BCUT2D eigenvalue weighted by Crippen LogP contribution is 2.29. The van der Waals surface area contributed by atoms with Crippen molar-refractivity contribution >= 4 is 6.29 Å². The Morgan fingerprint density at radius 1 is 1.30 bits per heavy atom. The third-order valence-electron chi connectivity index (χ3n) is 3.92. The summed E-state index contributed by atoms with van der Waals surface area (Å²) >= 11 is 0. The van der Waals surface area contributed by atoms with Gasteiger partial charge in [-0.05, 0) is 37.8 Å². The third-order valence-corrected chi connectivity index (χ3v) is 3.92. The van der Waals surface area contributed by atoms with Crippen LogP contribution >= 0.6 is 0 Å². The summed E-state index contributed by atoms with van der Waals surface area (Å²) in [7, 11) is 0. The molecule has 122 valence electrons. The molecule has 1 saturated heterocycles. The lowest BCUT2D eigenvalue weighted by Gasteiger charge is -2.12. The van der Waals surface area contributed by atoms with Gasteiger partial charge in [0.05, 0.1) is 12.3 Å². The SMILES string of the molecule is O=Cc1nnn(CCCCOc2ccccc2)c1C1CCCO1. The van der Waals surface area contributed by atoms with E-state index in [0.717, 1.165) is 50.0 Å². The molecule has 0 spiro atoms. The predicted molar refractivity (Wildman–Crippen MR) is 84.5 cm³/mol. The number of hydrogen-bond donors (Lipinski definition) is 0. The minimum Gasteiger partial charge on any atom is -0.494 e. The quantitative estimate of drug-likeness (QED) is 0.553. The van der Waals surface area contributed by atoms with Gasteiger partial charge in [0.2, 0.25) is 0 Å². The summed E-state index contributed by atoms with van der Waals surface area (Å²) in [5.41, 5.74) is 1.22. The highest BCUT2D eigenvalue weighted by molar-refractivity contribution is 5.73. The number of carbonyl (C=O) groups is 1. The lowest BCUT2D eigenvalue weighted by molar-refractivity contribution is 0.100. The number of nitrogens with zero attached hydrogens (tertiary/aromatic N) is 3. The van der Waals surface area contributed by atoms with Crippen LogP contribution in [0.15, 0.2) is 30.3 Å². The zero-order chi connectivity index (χ0) is 15.9. The first kappa shape index (κ1) is 15.7. The Balaban J connectivity index is 1.50. The molecule has 1 aliphatic rings. The number of aldehydes is 1. The van der Waals surface area contributed by atoms with Crippen LogP contribution in [0.3, 0.4) is 0 Å². The molecular weight excluding hydrogens is 294 g/mol. The molecule has 0 N–H and O–H groups in total. The van der Waals surface area contributed by atoms with E-state index >= 15 is 0 Å². The summed E-state index contributed by atoms with van der Waals surface area (Å²) in [6.07, 6.45) is 4.47. The molecule has 6 heteroatoms. The minimum atomic E-state index is -0.0502. The molecule has 1 unspecified atom stereocenters. The topological polar surface area (TPSA) is 66.2 Å². The largest absolute Gasteiger partial charge is 0.494 e. The zero-order valence-electron chi connectivity index (χ0n) is 13.1. The van der Waals surface area contributed by atoms with Crippen molar-refractivity contribution < 1.29 is 14.3 Å². The maximum atomic E-state index is 11.1. The van der Waals surface area contributed by atoms with Crippen LogP contribution in [-0.4, -0.2) is 34.5 Å². The third kappa shape index (κ3) is 3.96. The van der Waals surface area contributed by atoms with Crippen LogP contribution in [-0.2, 0) is 11.3 Å². The minimum absolute atomic E-state index is 0.0502. The Bertz CT molecular complexity index is 621. The van der Waals surface area contributed by atoms with Gasteiger partial charge in [0, 0.05) is 13.2 Å². The van der Waals surface area contributed by atoms with Crippen LogP contribution < -0.4 is 4.74 Å². The van der Waals surface area contributed by atoms with Gasteiger partial charge in [-0.3, -0.25) is 4.79 Å². The van der Waals surface area contributed by atoms with Crippen LogP contribution in [0.5, 0.6) is 5.75 Å². The van der Waals surface area contributed by atoms with Gasteiger partial charge in [-0.1, -0.05) is 23.4 Å². The molecule has 1 aromatic carbocycles. The van der Waals surface area contributed by atoms with Crippen molar-refractivity contribution in [3.05, 3.63) is 41.7 Å². The first-order chi connectivity index (χ1) is 11.4. The number of para-hydroxylation sites is 1. The van der Waals surface area contributed by atoms with Crippen molar-refractivity contribution in [3.8, 4) is 5.75 Å². The van der Waals surface area contributed by atoms with Crippen molar-refractivity contribution in [3.63, 3.8) is 0 Å². The van der Waals surface area contributed by atoms with E-state index in [0.29, 0.717) is 18.8 Å². The Hall–Kier alpha value is -2.21. The molecule has 3 rings (SSSR count). The Kier molecular flexibility index (Phi) is 5.37. The molecule has 2 heterocycles. The number of aromatic nitrogens is 3. The maximum Gasteiger partial charge on any atom is 0.172 e. The summed E-state index contributed by atoms with van der Waals surface area (Å²) in [4.78, 5) is 11.1. The average molecular weight is 315 g/mol. The molecule has 1 fully saturated rings. The summed E-state index contributed by atoms with van der Waals surface area (Å²) in [6, 6.07) is 9.78. The lowest BCUT2D eigenvalue weighted by atomic mass is 10.1. The second kappa shape index (κ2) is 7.87. The number of carbonyl (C=O) groups excluding carboxylic acids is 1. The average Bonchev–Trinajstić information content (AvgIpc) is 3.24. The molecular formula is C17H21N3O3. The van der Waals surface area contributed by atoms with E-state index in [9.17, 15) is 4.79 Å². The van der Waals surface area contributed by atoms with Gasteiger partial charge in [0.25, 0.3) is 0 Å². The number of aryl methyl sites for hydroxylation is 1. The molecule has 0 radical (unpaired) electrons. The number of hydrogen-bond acceptors (Lipinski definition) is 5. The second-order valence-corrected chi connectivity index (χ2v) is 5.57. The fourth-order valence-corrected chi connectivity index (χ4v) is 2.78. The van der Waals surface area contributed by atoms with E-state index in [1.807, 2.05) is 35.0 Å². The smallest absolute Gasteiger partial charge is 0.172 e. The highest BCUT2D eigenvalue weighted by atomic mass is 16.5. The molecule has 0 saturated carbocycles. The van der Waals surface area contributed by atoms with Gasteiger partial charge in [0.15, 0.2) is 12.0 Å². The molecule has 0 aliphatic carbocycles. The van der Waals surface area contributed by atoms with Gasteiger partial charge in [-0.25, -0.2) is 4.68 Å². The number of unbranched alkanes of at least 4 members (excludes halogenated alkanes) is 1. The predicted octanol–water partition coefficient (Wildman–Crippen LogP) is 2.80. The molecule has 23 heavy (non-hydrogen) atoms. The Labute approximate surface area is 135 Å². The fourth-order valence-electron chi connectivity index (χ4n) is 2.78. The van der Waals surface area contributed by atoms with Gasteiger partial charge < -0.3 is 9.47 Å². The monoisotopic (exact) mass is 315 g/mol. The van der Waals surface area contributed by atoms with Crippen LogP contribution in [0, 0.1) is 0 Å². The van der Waals surface area contributed by atoms with Crippen LogP contribution in [0.1, 0.15) is 48.0 Å². The van der Waals surface area contributed by atoms with Gasteiger partial charge >= 0.3 is 0 Å². The second-order valence-electron chi connectivity index (χ2n) is 5.57. The molecule has 2 aromatic rings. The first-order valence-electron chi connectivity index (χ1n) is 8.06. The number of rotatable bonds is 8. The normalized spacial score (nSPS) is 17.3. The molecule has 0 bridgehead atoms. The highest BCUT2D eigenvalue weighted by Gasteiger charge is 2.26. The first-order valence-corrected chi connectivity index (χ1v) is 8.06. The molecule has 1 aromatic heterocycles. The molecule has 1 atom stereocenters.